The number of anilines is 1. The molecule has 1 aliphatic rings. The average molecular weight is 277 g/mol. The fourth-order valence-corrected chi connectivity index (χ4v) is 2.76. The fourth-order valence-electron chi connectivity index (χ4n) is 2.76. The van der Waals surface area contributed by atoms with E-state index in [0.29, 0.717) is 18.8 Å². The number of rotatable bonds is 5. The predicted octanol–water partition coefficient (Wildman–Crippen LogP) is 1.57. The van der Waals surface area contributed by atoms with Crippen molar-refractivity contribution >= 4 is 11.6 Å². The van der Waals surface area contributed by atoms with E-state index in [1.807, 2.05) is 24.9 Å². The van der Waals surface area contributed by atoms with E-state index in [-0.39, 0.29) is 5.91 Å². The summed E-state index contributed by atoms with van der Waals surface area (Å²) >= 11 is 0. The second-order valence-electron chi connectivity index (χ2n) is 5.55. The molecule has 1 saturated carbocycles. The number of carbonyl (C=O) groups is 1. The second-order valence-corrected chi connectivity index (χ2v) is 5.55. The van der Waals surface area contributed by atoms with E-state index in [2.05, 4.69) is 10.3 Å². The van der Waals surface area contributed by atoms with Crippen LogP contribution in [0.4, 0.5) is 5.69 Å². The number of amides is 1. The highest BCUT2D eigenvalue weighted by Crippen LogP contribution is 2.31. The molecule has 2 rings (SSSR count). The van der Waals surface area contributed by atoms with Crippen molar-refractivity contribution in [3.63, 3.8) is 0 Å². The van der Waals surface area contributed by atoms with Gasteiger partial charge in [0.25, 0.3) is 5.91 Å². The summed E-state index contributed by atoms with van der Waals surface area (Å²) in [6, 6.07) is 3.63. The standard InChI is InChI=1S/C15H23N3O2/c1-3-16-14(19)13-10-12(6-9-17-13)18(2)11-15(20)7-4-5-8-15/h6,9-10,20H,3-5,7-8,11H2,1-2H3,(H,16,19). The Morgan fingerprint density at radius 1 is 1.50 bits per heavy atom. The lowest BCUT2D eigenvalue weighted by atomic mass is 10.0. The van der Waals surface area contributed by atoms with Gasteiger partial charge in [0, 0.05) is 32.0 Å². The SMILES string of the molecule is CCNC(=O)c1cc(N(C)CC2(O)CCCC2)ccn1. The lowest BCUT2D eigenvalue weighted by Gasteiger charge is -2.30. The normalized spacial score (nSPS) is 16.9. The van der Waals surface area contributed by atoms with E-state index in [1.54, 1.807) is 12.3 Å². The molecule has 1 fully saturated rings. The van der Waals surface area contributed by atoms with Gasteiger partial charge >= 0.3 is 0 Å². The van der Waals surface area contributed by atoms with E-state index in [9.17, 15) is 9.90 Å². The van der Waals surface area contributed by atoms with Crippen LogP contribution in [0.3, 0.4) is 0 Å². The zero-order valence-electron chi connectivity index (χ0n) is 12.2. The van der Waals surface area contributed by atoms with Crippen LogP contribution in [0.2, 0.25) is 0 Å². The molecule has 20 heavy (non-hydrogen) atoms. The number of likely N-dealkylation sites (N-methyl/N-ethyl adjacent to an activating group) is 1. The maximum absolute atomic E-state index is 11.8. The van der Waals surface area contributed by atoms with Gasteiger partial charge in [-0.2, -0.15) is 0 Å². The van der Waals surface area contributed by atoms with Crippen molar-refractivity contribution in [2.24, 2.45) is 0 Å². The third-order valence-corrected chi connectivity index (χ3v) is 3.82. The molecule has 1 aromatic rings. The van der Waals surface area contributed by atoms with Gasteiger partial charge in [-0.1, -0.05) is 12.8 Å². The maximum Gasteiger partial charge on any atom is 0.269 e. The monoisotopic (exact) mass is 277 g/mol. The smallest absolute Gasteiger partial charge is 0.269 e. The maximum atomic E-state index is 11.8. The number of nitrogens with one attached hydrogen (secondary N) is 1. The molecule has 0 aromatic carbocycles. The van der Waals surface area contributed by atoms with Gasteiger partial charge in [-0.25, -0.2) is 0 Å². The minimum absolute atomic E-state index is 0.165. The molecule has 0 unspecified atom stereocenters. The highest BCUT2D eigenvalue weighted by atomic mass is 16.3. The van der Waals surface area contributed by atoms with Crippen LogP contribution in [0.1, 0.15) is 43.1 Å². The third-order valence-electron chi connectivity index (χ3n) is 3.82. The summed E-state index contributed by atoms with van der Waals surface area (Å²) in [5, 5.41) is 13.2. The summed E-state index contributed by atoms with van der Waals surface area (Å²) in [5.74, 6) is -0.165. The minimum Gasteiger partial charge on any atom is -0.388 e. The zero-order valence-corrected chi connectivity index (χ0v) is 12.2. The fraction of sp³-hybridized carbons (Fsp3) is 0.600. The Bertz CT molecular complexity index is 470. The summed E-state index contributed by atoms with van der Waals surface area (Å²) < 4.78 is 0. The molecule has 2 N–H and O–H groups in total. The van der Waals surface area contributed by atoms with Gasteiger partial charge in [0.05, 0.1) is 5.60 Å². The molecule has 1 aliphatic carbocycles. The van der Waals surface area contributed by atoms with Crippen LogP contribution < -0.4 is 10.2 Å². The Kier molecular flexibility index (Phi) is 4.60. The van der Waals surface area contributed by atoms with Crippen molar-refractivity contribution in [1.82, 2.24) is 10.3 Å². The van der Waals surface area contributed by atoms with Crippen molar-refractivity contribution in [3.8, 4) is 0 Å². The summed E-state index contributed by atoms with van der Waals surface area (Å²) in [4.78, 5) is 17.9. The first-order valence-electron chi connectivity index (χ1n) is 7.22. The lowest BCUT2D eigenvalue weighted by molar-refractivity contribution is 0.0559. The molecule has 0 saturated heterocycles. The summed E-state index contributed by atoms with van der Waals surface area (Å²) in [5.41, 5.74) is 0.723. The molecular weight excluding hydrogens is 254 g/mol. The molecule has 110 valence electrons. The molecule has 1 heterocycles. The highest BCUT2D eigenvalue weighted by Gasteiger charge is 2.32. The Labute approximate surface area is 120 Å². The minimum atomic E-state index is -0.593. The van der Waals surface area contributed by atoms with Gasteiger partial charge in [0.2, 0.25) is 0 Å². The molecule has 5 nitrogen and oxygen atoms in total. The van der Waals surface area contributed by atoms with Crippen molar-refractivity contribution in [2.45, 2.75) is 38.2 Å². The van der Waals surface area contributed by atoms with Gasteiger partial charge in [-0.3, -0.25) is 9.78 Å². The average Bonchev–Trinajstić information content (AvgIpc) is 2.85. The number of pyridine rings is 1. The first-order valence-corrected chi connectivity index (χ1v) is 7.22. The van der Waals surface area contributed by atoms with E-state index >= 15 is 0 Å². The summed E-state index contributed by atoms with van der Waals surface area (Å²) in [7, 11) is 1.94. The first kappa shape index (κ1) is 14.8. The molecule has 0 radical (unpaired) electrons. The van der Waals surface area contributed by atoms with E-state index in [0.717, 1.165) is 31.4 Å². The molecular formula is C15H23N3O2. The number of hydrogen-bond donors (Lipinski definition) is 2. The third kappa shape index (κ3) is 3.48. The van der Waals surface area contributed by atoms with Crippen LogP contribution >= 0.6 is 0 Å². The molecule has 5 heteroatoms. The lowest BCUT2D eigenvalue weighted by Crippen LogP contribution is -2.39. The van der Waals surface area contributed by atoms with Gasteiger partial charge in [0.15, 0.2) is 0 Å². The molecule has 0 aliphatic heterocycles. The van der Waals surface area contributed by atoms with Crippen molar-refractivity contribution < 1.29 is 9.90 Å². The van der Waals surface area contributed by atoms with Crippen LogP contribution in [-0.2, 0) is 0 Å². The Morgan fingerprint density at radius 2 is 2.20 bits per heavy atom. The first-order chi connectivity index (χ1) is 9.54. The Morgan fingerprint density at radius 3 is 2.85 bits per heavy atom. The Balaban J connectivity index is 2.08. The highest BCUT2D eigenvalue weighted by molar-refractivity contribution is 5.93. The summed E-state index contributed by atoms with van der Waals surface area (Å²) in [6.45, 7) is 3.05. The topological polar surface area (TPSA) is 65.5 Å². The van der Waals surface area contributed by atoms with Crippen LogP contribution in [0, 0.1) is 0 Å². The number of nitrogens with zero attached hydrogens (tertiary/aromatic N) is 2. The molecule has 1 aromatic heterocycles. The predicted molar refractivity (Wildman–Crippen MR) is 78.9 cm³/mol. The largest absolute Gasteiger partial charge is 0.388 e. The number of aromatic nitrogens is 1. The van der Waals surface area contributed by atoms with Crippen LogP contribution in [-0.4, -0.2) is 41.7 Å². The van der Waals surface area contributed by atoms with Crippen LogP contribution in [0.5, 0.6) is 0 Å². The van der Waals surface area contributed by atoms with E-state index in [4.69, 9.17) is 0 Å². The van der Waals surface area contributed by atoms with E-state index < -0.39 is 5.60 Å². The van der Waals surface area contributed by atoms with Crippen LogP contribution in [0.25, 0.3) is 0 Å². The van der Waals surface area contributed by atoms with Gasteiger partial charge in [-0.05, 0) is 31.9 Å². The van der Waals surface area contributed by atoms with Crippen molar-refractivity contribution in [1.29, 1.82) is 0 Å². The molecule has 1 amide bonds. The number of carbonyl (C=O) groups excluding carboxylic acids is 1. The number of aliphatic hydroxyl groups is 1. The Hall–Kier alpha value is -1.62. The van der Waals surface area contributed by atoms with Gasteiger partial charge < -0.3 is 15.3 Å². The molecule has 0 bridgehead atoms. The second kappa shape index (κ2) is 6.22. The van der Waals surface area contributed by atoms with Crippen LogP contribution in [0.15, 0.2) is 18.3 Å². The summed E-state index contributed by atoms with van der Waals surface area (Å²) in [6.07, 6.45) is 5.52. The van der Waals surface area contributed by atoms with Gasteiger partial charge in [0.1, 0.15) is 5.69 Å². The zero-order chi connectivity index (χ0) is 14.6. The van der Waals surface area contributed by atoms with Gasteiger partial charge in [-0.15, -0.1) is 0 Å². The van der Waals surface area contributed by atoms with E-state index in [1.165, 1.54) is 0 Å². The molecule has 0 atom stereocenters. The van der Waals surface area contributed by atoms with Crippen molar-refractivity contribution in [3.05, 3.63) is 24.0 Å². The number of hydrogen-bond acceptors (Lipinski definition) is 4. The molecule has 0 spiro atoms. The van der Waals surface area contributed by atoms with Crippen molar-refractivity contribution in [2.75, 3.05) is 25.0 Å². The quantitative estimate of drug-likeness (QED) is 0.857.